The van der Waals surface area contributed by atoms with Gasteiger partial charge in [0.2, 0.25) is 0 Å². The van der Waals surface area contributed by atoms with Gasteiger partial charge in [-0.2, -0.15) is 0 Å². The predicted octanol–water partition coefficient (Wildman–Crippen LogP) is 4.09. The fourth-order valence-corrected chi connectivity index (χ4v) is 2.75. The van der Waals surface area contributed by atoms with Crippen LogP contribution >= 0.6 is 27.5 Å². The molecule has 18 heavy (non-hydrogen) atoms. The molecule has 0 bridgehead atoms. The standard InChI is InChI=1S/C13H12BrClO3/c1-7-3-4-11(18-7)12(16)9-5-8(15)6-10(14)13(9)17-2/h3-6,12,16H,1-2H3. The summed E-state index contributed by atoms with van der Waals surface area (Å²) in [6.45, 7) is 1.82. The number of furan rings is 1. The Hall–Kier alpha value is -0.970. The van der Waals surface area contributed by atoms with Crippen molar-refractivity contribution in [3.05, 3.63) is 50.8 Å². The van der Waals surface area contributed by atoms with Crippen molar-refractivity contribution in [2.45, 2.75) is 13.0 Å². The zero-order valence-electron chi connectivity index (χ0n) is 9.91. The van der Waals surface area contributed by atoms with E-state index in [0.29, 0.717) is 26.6 Å². The van der Waals surface area contributed by atoms with Crippen molar-refractivity contribution in [3.63, 3.8) is 0 Å². The zero-order valence-corrected chi connectivity index (χ0v) is 12.2. The highest BCUT2D eigenvalue weighted by Crippen LogP contribution is 2.38. The first-order chi connectivity index (χ1) is 8.52. The van der Waals surface area contributed by atoms with Crippen molar-refractivity contribution in [1.82, 2.24) is 0 Å². The number of ether oxygens (including phenoxy) is 1. The van der Waals surface area contributed by atoms with Crippen molar-refractivity contribution in [2.75, 3.05) is 7.11 Å². The second-order valence-electron chi connectivity index (χ2n) is 3.86. The monoisotopic (exact) mass is 330 g/mol. The Bertz CT molecular complexity index is 565. The van der Waals surface area contributed by atoms with Gasteiger partial charge < -0.3 is 14.3 Å². The van der Waals surface area contributed by atoms with E-state index in [9.17, 15) is 5.11 Å². The molecular formula is C13H12BrClO3. The molecule has 1 N–H and O–H groups in total. The highest BCUT2D eigenvalue weighted by molar-refractivity contribution is 9.10. The molecule has 1 aromatic heterocycles. The van der Waals surface area contributed by atoms with Crippen molar-refractivity contribution < 1.29 is 14.3 Å². The van der Waals surface area contributed by atoms with Crippen LogP contribution in [0.4, 0.5) is 0 Å². The smallest absolute Gasteiger partial charge is 0.140 e. The number of halogens is 2. The number of hydrogen-bond acceptors (Lipinski definition) is 3. The third kappa shape index (κ3) is 2.55. The molecule has 2 rings (SSSR count). The lowest BCUT2D eigenvalue weighted by molar-refractivity contribution is 0.183. The lowest BCUT2D eigenvalue weighted by atomic mass is 10.1. The molecule has 5 heteroatoms. The normalized spacial score (nSPS) is 12.5. The van der Waals surface area contributed by atoms with Crippen LogP contribution in [0.2, 0.25) is 5.02 Å². The van der Waals surface area contributed by atoms with E-state index in [1.165, 1.54) is 7.11 Å². The Labute approximate surface area is 118 Å². The van der Waals surface area contributed by atoms with E-state index in [2.05, 4.69) is 15.9 Å². The van der Waals surface area contributed by atoms with Gasteiger partial charge >= 0.3 is 0 Å². The molecule has 0 fully saturated rings. The van der Waals surface area contributed by atoms with Crippen LogP contribution in [0.15, 0.2) is 33.2 Å². The molecule has 0 aliphatic heterocycles. The summed E-state index contributed by atoms with van der Waals surface area (Å²) in [7, 11) is 1.54. The summed E-state index contributed by atoms with van der Waals surface area (Å²) in [5.41, 5.74) is 0.561. The summed E-state index contributed by atoms with van der Waals surface area (Å²) in [4.78, 5) is 0. The largest absolute Gasteiger partial charge is 0.495 e. The average molecular weight is 332 g/mol. The van der Waals surface area contributed by atoms with Crippen LogP contribution in [0, 0.1) is 6.92 Å². The quantitative estimate of drug-likeness (QED) is 0.921. The summed E-state index contributed by atoms with van der Waals surface area (Å²) in [5, 5.41) is 10.8. The first-order valence-corrected chi connectivity index (χ1v) is 6.47. The van der Waals surface area contributed by atoms with Gasteiger partial charge in [-0.1, -0.05) is 11.6 Å². The third-order valence-corrected chi connectivity index (χ3v) is 3.37. The van der Waals surface area contributed by atoms with Crippen LogP contribution in [-0.4, -0.2) is 12.2 Å². The molecular weight excluding hydrogens is 319 g/mol. The van der Waals surface area contributed by atoms with Crippen LogP contribution in [0.3, 0.4) is 0 Å². The van der Waals surface area contributed by atoms with E-state index in [1.807, 2.05) is 6.92 Å². The van der Waals surface area contributed by atoms with E-state index in [0.717, 1.165) is 5.76 Å². The second kappa shape index (κ2) is 5.34. The Morgan fingerprint density at radius 1 is 1.39 bits per heavy atom. The predicted molar refractivity (Wildman–Crippen MR) is 73.2 cm³/mol. The van der Waals surface area contributed by atoms with Gasteiger partial charge in [0, 0.05) is 10.6 Å². The molecule has 0 spiro atoms. The molecule has 0 saturated heterocycles. The van der Waals surface area contributed by atoms with Gasteiger partial charge in [0.25, 0.3) is 0 Å². The van der Waals surface area contributed by atoms with Gasteiger partial charge in [0.15, 0.2) is 0 Å². The lowest BCUT2D eigenvalue weighted by Crippen LogP contribution is -2.02. The minimum Gasteiger partial charge on any atom is -0.495 e. The molecule has 0 aliphatic rings. The summed E-state index contributed by atoms with van der Waals surface area (Å²) < 4.78 is 11.4. The van der Waals surface area contributed by atoms with Gasteiger partial charge in [-0.15, -0.1) is 0 Å². The van der Waals surface area contributed by atoms with Gasteiger partial charge in [-0.05, 0) is 47.1 Å². The summed E-state index contributed by atoms with van der Waals surface area (Å²) in [6.07, 6.45) is -0.913. The van der Waals surface area contributed by atoms with Crippen LogP contribution in [0.5, 0.6) is 5.75 Å². The number of benzene rings is 1. The fourth-order valence-electron chi connectivity index (χ4n) is 1.75. The molecule has 1 unspecified atom stereocenters. The number of rotatable bonds is 3. The van der Waals surface area contributed by atoms with Crippen LogP contribution in [0.1, 0.15) is 23.2 Å². The SMILES string of the molecule is COc1c(Br)cc(Cl)cc1C(O)c1ccc(C)o1. The van der Waals surface area contributed by atoms with Crippen molar-refractivity contribution >= 4 is 27.5 Å². The minimum absolute atomic E-state index is 0.458. The van der Waals surface area contributed by atoms with E-state index in [1.54, 1.807) is 24.3 Å². The van der Waals surface area contributed by atoms with Crippen molar-refractivity contribution in [2.24, 2.45) is 0 Å². The maximum Gasteiger partial charge on any atom is 0.140 e. The third-order valence-electron chi connectivity index (χ3n) is 2.57. The Kier molecular flexibility index (Phi) is 4.00. The highest BCUT2D eigenvalue weighted by Gasteiger charge is 2.21. The molecule has 0 amide bonds. The Morgan fingerprint density at radius 3 is 2.67 bits per heavy atom. The summed E-state index contributed by atoms with van der Waals surface area (Å²) >= 11 is 9.34. The first kappa shape index (κ1) is 13.5. The first-order valence-electron chi connectivity index (χ1n) is 5.30. The van der Waals surface area contributed by atoms with Crippen LogP contribution < -0.4 is 4.74 Å². The van der Waals surface area contributed by atoms with Crippen molar-refractivity contribution in [1.29, 1.82) is 0 Å². The maximum atomic E-state index is 10.3. The molecule has 0 saturated carbocycles. The number of aliphatic hydroxyl groups excluding tert-OH is 1. The number of aliphatic hydroxyl groups is 1. The fraction of sp³-hybridized carbons (Fsp3) is 0.231. The Balaban J connectivity index is 2.49. The molecule has 96 valence electrons. The van der Waals surface area contributed by atoms with E-state index >= 15 is 0 Å². The van der Waals surface area contributed by atoms with Gasteiger partial charge in [0.1, 0.15) is 23.4 Å². The Morgan fingerprint density at radius 2 is 2.11 bits per heavy atom. The number of methoxy groups -OCH3 is 1. The van der Waals surface area contributed by atoms with Crippen LogP contribution in [0.25, 0.3) is 0 Å². The van der Waals surface area contributed by atoms with Gasteiger partial charge in [-0.3, -0.25) is 0 Å². The summed E-state index contributed by atoms with van der Waals surface area (Å²) in [6, 6.07) is 6.90. The molecule has 3 nitrogen and oxygen atoms in total. The average Bonchev–Trinajstić information content (AvgIpc) is 2.74. The van der Waals surface area contributed by atoms with Gasteiger partial charge in [-0.25, -0.2) is 0 Å². The minimum atomic E-state index is -0.913. The topological polar surface area (TPSA) is 42.6 Å². The molecule has 1 atom stereocenters. The number of aryl methyl sites for hydroxylation is 1. The highest BCUT2D eigenvalue weighted by atomic mass is 79.9. The van der Waals surface area contributed by atoms with Crippen LogP contribution in [-0.2, 0) is 0 Å². The molecule has 1 heterocycles. The second-order valence-corrected chi connectivity index (χ2v) is 5.15. The maximum absolute atomic E-state index is 10.3. The van der Waals surface area contributed by atoms with E-state index < -0.39 is 6.10 Å². The molecule has 0 aliphatic carbocycles. The van der Waals surface area contributed by atoms with Gasteiger partial charge in [0.05, 0.1) is 11.6 Å². The van der Waals surface area contributed by atoms with Crippen molar-refractivity contribution in [3.8, 4) is 5.75 Å². The molecule has 1 aromatic carbocycles. The number of hydrogen-bond donors (Lipinski definition) is 1. The molecule has 0 radical (unpaired) electrons. The lowest BCUT2D eigenvalue weighted by Gasteiger charge is -2.15. The van der Waals surface area contributed by atoms with E-state index in [4.69, 9.17) is 20.8 Å². The van der Waals surface area contributed by atoms with E-state index in [-0.39, 0.29) is 0 Å². The summed E-state index contributed by atoms with van der Waals surface area (Å²) in [5.74, 6) is 1.74. The zero-order chi connectivity index (χ0) is 13.3. The molecule has 2 aromatic rings.